The lowest BCUT2D eigenvalue weighted by Gasteiger charge is -2.03. The average Bonchev–Trinajstić information content (AvgIpc) is 2.79. The van der Waals surface area contributed by atoms with Crippen molar-refractivity contribution in [3.05, 3.63) is 22.4 Å². The van der Waals surface area contributed by atoms with Gasteiger partial charge in [0.2, 0.25) is 5.91 Å². The fourth-order valence-electron chi connectivity index (χ4n) is 1.19. The highest BCUT2D eigenvalue weighted by Crippen LogP contribution is 2.08. The first kappa shape index (κ1) is 12.7. The molecule has 16 heavy (non-hydrogen) atoms. The summed E-state index contributed by atoms with van der Waals surface area (Å²) in [6, 6.07) is 4.02. The van der Waals surface area contributed by atoms with Crippen LogP contribution in [0.5, 0.6) is 0 Å². The Labute approximate surface area is 98.6 Å². The van der Waals surface area contributed by atoms with Crippen LogP contribution in [-0.2, 0) is 20.7 Å². The van der Waals surface area contributed by atoms with E-state index in [1.165, 1.54) is 12.0 Å². The number of ether oxygens (including phenoxy) is 1. The van der Waals surface area contributed by atoms with E-state index in [1.54, 1.807) is 11.3 Å². The van der Waals surface area contributed by atoms with Gasteiger partial charge in [0, 0.05) is 17.8 Å². The van der Waals surface area contributed by atoms with Crippen LogP contribution >= 0.6 is 11.3 Å². The Kier molecular flexibility index (Phi) is 5.56. The summed E-state index contributed by atoms with van der Waals surface area (Å²) in [4.78, 5) is 23.3. The van der Waals surface area contributed by atoms with Crippen LogP contribution in [0.2, 0.25) is 0 Å². The van der Waals surface area contributed by atoms with Crippen molar-refractivity contribution in [3.8, 4) is 0 Å². The highest BCUT2D eigenvalue weighted by Gasteiger charge is 2.05. The Bertz CT molecular complexity index is 335. The second-order valence-corrected chi connectivity index (χ2v) is 4.29. The lowest BCUT2D eigenvalue weighted by atomic mass is 10.3. The molecule has 1 heterocycles. The predicted molar refractivity (Wildman–Crippen MR) is 62.3 cm³/mol. The number of rotatable bonds is 6. The van der Waals surface area contributed by atoms with E-state index in [4.69, 9.17) is 0 Å². The molecule has 0 aliphatic rings. The molecule has 0 aliphatic carbocycles. The lowest BCUT2D eigenvalue weighted by molar-refractivity contribution is -0.142. The molecule has 1 rings (SSSR count). The third-order valence-corrected chi connectivity index (χ3v) is 2.99. The molecule has 0 radical (unpaired) electrons. The summed E-state index contributed by atoms with van der Waals surface area (Å²) in [5, 5.41) is 4.77. The van der Waals surface area contributed by atoms with Crippen molar-refractivity contribution in [1.82, 2.24) is 5.32 Å². The Hall–Kier alpha value is -1.36. The first-order valence-corrected chi connectivity index (χ1v) is 5.96. The molecule has 4 nitrogen and oxygen atoms in total. The molecule has 0 spiro atoms. The van der Waals surface area contributed by atoms with Crippen LogP contribution in [0, 0.1) is 0 Å². The fourth-order valence-corrected chi connectivity index (χ4v) is 1.89. The van der Waals surface area contributed by atoms with Gasteiger partial charge in [0.05, 0.1) is 13.5 Å². The SMILES string of the molecule is COC(=O)CCC(=O)NCCc1cccs1. The van der Waals surface area contributed by atoms with Gasteiger partial charge >= 0.3 is 5.97 Å². The first-order valence-electron chi connectivity index (χ1n) is 5.08. The van der Waals surface area contributed by atoms with Crippen molar-refractivity contribution in [2.75, 3.05) is 13.7 Å². The molecule has 0 bridgehead atoms. The Balaban J connectivity index is 2.09. The fraction of sp³-hybridized carbons (Fsp3) is 0.455. The second kappa shape index (κ2) is 7.00. The first-order chi connectivity index (χ1) is 7.72. The van der Waals surface area contributed by atoms with E-state index in [0.717, 1.165) is 6.42 Å². The second-order valence-electron chi connectivity index (χ2n) is 3.26. The molecule has 0 fully saturated rings. The molecule has 1 aromatic rings. The zero-order valence-electron chi connectivity index (χ0n) is 9.19. The average molecular weight is 241 g/mol. The van der Waals surface area contributed by atoms with Crippen LogP contribution in [0.25, 0.3) is 0 Å². The summed E-state index contributed by atoms with van der Waals surface area (Å²) in [7, 11) is 1.32. The number of esters is 1. The Morgan fingerprint density at radius 2 is 2.25 bits per heavy atom. The molecule has 0 aliphatic heterocycles. The van der Waals surface area contributed by atoms with Crippen LogP contribution in [0.15, 0.2) is 17.5 Å². The van der Waals surface area contributed by atoms with Crippen molar-refractivity contribution in [3.63, 3.8) is 0 Å². The van der Waals surface area contributed by atoms with Crippen LogP contribution in [0.3, 0.4) is 0 Å². The van der Waals surface area contributed by atoms with Crippen LogP contribution in [0.1, 0.15) is 17.7 Å². The highest BCUT2D eigenvalue weighted by atomic mass is 32.1. The van der Waals surface area contributed by atoms with Gasteiger partial charge in [0.15, 0.2) is 0 Å². The molecule has 0 aromatic carbocycles. The minimum atomic E-state index is -0.353. The molecule has 1 amide bonds. The minimum absolute atomic E-state index is 0.109. The van der Waals surface area contributed by atoms with Gasteiger partial charge in [-0.05, 0) is 17.9 Å². The molecular weight excluding hydrogens is 226 g/mol. The van der Waals surface area contributed by atoms with E-state index in [-0.39, 0.29) is 24.7 Å². The third-order valence-electron chi connectivity index (χ3n) is 2.06. The third kappa shape index (κ3) is 4.93. The largest absolute Gasteiger partial charge is 0.469 e. The van der Waals surface area contributed by atoms with E-state index >= 15 is 0 Å². The zero-order valence-corrected chi connectivity index (χ0v) is 10.0. The van der Waals surface area contributed by atoms with Gasteiger partial charge in [-0.25, -0.2) is 0 Å². The van der Waals surface area contributed by atoms with E-state index in [0.29, 0.717) is 6.54 Å². The van der Waals surface area contributed by atoms with Crippen LogP contribution in [0.4, 0.5) is 0 Å². The van der Waals surface area contributed by atoms with E-state index in [9.17, 15) is 9.59 Å². The summed E-state index contributed by atoms with van der Waals surface area (Å²) in [6.07, 6.45) is 1.17. The van der Waals surface area contributed by atoms with E-state index < -0.39 is 0 Å². The molecule has 1 N–H and O–H groups in total. The van der Waals surface area contributed by atoms with Gasteiger partial charge in [-0.2, -0.15) is 0 Å². The monoisotopic (exact) mass is 241 g/mol. The van der Waals surface area contributed by atoms with Gasteiger partial charge in [-0.1, -0.05) is 6.07 Å². The maximum Gasteiger partial charge on any atom is 0.306 e. The molecule has 5 heteroatoms. The number of carbonyl (C=O) groups is 2. The number of nitrogens with one attached hydrogen (secondary N) is 1. The summed E-state index contributed by atoms with van der Waals surface area (Å²) >= 11 is 1.67. The number of thiophene rings is 1. The highest BCUT2D eigenvalue weighted by molar-refractivity contribution is 7.09. The van der Waals surface area contributed by atoms with Crippen LogP contribution < -0.4 is 5.32 Å². The minimum Gasteiger partial charge on any atom is -0.469 e. The standard InChI is InChI=1S/C11H15NO3S/c1-15-11(14)5-4-10(13)12-7-6-9-3-2-8-16-9/h2-3,8H,4-7H2,1H3,(H,12,13). The molecule has 0 unspecified atom stereocenters. The molecule has 1 aromatic heterocycles. The predicted octanol–water partition coefficient (Wildman–Crippen LogP) is 1.36. The van der Waals surface area contributed by atoms with Gasteiger partial charge in [-0.3, -0.25) is 9.59 Å². The van der Waals surface area contributed by atoms with Crippen molar-refractivity contribution in [2.45, 2.75) is 19.3 Å². The molecular formula is C11H15NO3S. The molecule has 0 saturated heterocycles. The number of methoxy groups -OCH3 is 1. The van der Waals surface area contributed by atoms with Crippen molar-refractivity contribution >= 4 is 23.2 Å². The van der Waals surface area contributed by atoms with Gasteiger partial charge < -0.3 is 10.1 Å². The summed E-state index contributed by atoms with van der Waals surface area (Å²) in [5.41, 5.74) is 0. The smallest absolute Gasteiger partial charge is 0.306 e. The summed E-state index contributed by atoms with van der Waals surface area (Å²) in [5.74, 6) is -0.463. The summed E-state index contributed by atoms with van der Waals surface area (Å²) in [6.45, 7) is 0.612. The Morgan fingerprint density at radius 3 is 2.88 bits per heavy atom. The van der Waals surface area contributed by atoms with Crippen molar-refractivity contribution < 1.29 is 14.3 Å². The number of hydrogen-bond donors (Lipinski definition) is 1. The molecule has 88 valence electrons. The van der Waals surface area contributed by atoms with Gasteiger partial charge in [0.1, 0.15) is 0 Å². The maximum absolute atomic E-state index is 11.3. The molecule has 0 atom stereocenters. The van der Waals surface area contributed by atoms with Gasteiger partial charge in [-0.15, -0.1) is 11.3 Å². The number of hydrogen-bond acceptors (Lipinski definition) is 4. The zero-order chi connectivity index (χ0) is 11.8. The van der Waals surface area contributed by atoms with E-state index in [1.807, 2.05) is 17.5 Å². The quantitative estimate of drug-likeness (QED) is 0.765. The van der Waals surface area contributed by atoms with Crippen molar-refractivity contribution in [1.29, 1.82) is 0 Å². The topological polar surface area (TPSA) is 55.4 Å². The normalized spacial score (nSPS) is 9.81. The lowest BCUT2D eigenvalue weighted by Crippen LogP contribution is -2.25. The van der Waals surface area contributed by atoms with Crippen LogP contribution in [-0.4, -0.2) is 25.5 Å². The van der Waals surface area contributed by atoms with Crippen molar-refractivity contribution in [2.24, 2.45) is 0 Å². The maximum atomic E-state index is 11.3. The molecule has 0 saturated carbocycles. The number of amides is 1. The Morgan fingerprint density at radius 1 is 1.44 bits per heavy atom. The summed E-state index contributed by atoms with van der Waals surface area (Å²) < 4.78 is 4.45. The van der Waals surface area contributed by atoms with E-state index in [2.05, 4.69) is 10.1 Å². The van der Waals surface area contributed by atoms with Gasteiger partial charge in [0.25, 0.3) is 0 Å². The number of carbonyl (C=O) groups excluding carboxylic acids is 2.